The van der Waals surface area contributed by atoms with Gasteiger partial charge >= 0.3 is 0 Å². The summed E-state index contributed by atoms with van der Waals surface area (Å²) >= 11 is 1.59. The van der Waals surface area contributed by atoms with Crippen LogP contribution in [-0.4, -0.2) is 22.2 Å². The van der Waals surface area contributed by atoms with Crippen molar-refractivity contribution in [3.8, 4) is 0 Å². The van der Waals surface area contributed by atoms with Gasteiger partial charge in [0.1, 0.15) is 0 Å². The molecule has 1 aromatic heterocycles. The maximum absolute atomic E-state index is 10.5. The van der Waals surface area contributed by atoms with Crippen molar-refractivity contribution in [3.05, 3.63) is 50.9 Å². The first-order chi connectivity index (χ1) is 9.37. The Bertz CT molecular complexity index is 653. The first-order valence-electron chi connectivity index (χ1n) is 6.39. The van der Waals surface area contributed by atoms with E-state index >= 15 is 0 Å². The molecule has 1 aromatic carbocycles. The van der Waals surface area contributed by atoms with Gasteiger partial charge in [-0.15, -0.1) is 11.3 Å². The number of nitrogens with zero attached hydrogens (tertiary/aromatic N) is 1. The molecular formula is C15H17NO3S. The van der Waals surface area contributed by atoms with Crippen LogP contribution in [0.1, 0.15) is 25.0 Å². The van der Waals surface area contributed by atoms with E-state index in [0.717, 1.165) is 21.2 Å². The third kappa shape index (κ3) is 3.65. The Labute approximate surface area is 121 Å². The molecule has 0 aliphatic carbocycles. The van der Waals surface area contributed by atoms with E-state index in [4.69, 9.17) is 0 Å². The van der Waals surface area contributed by atoms with Gasteiger partial charge in [-0.3, -0.25) is 10.1 Å². The van der Waals surface area contributed by atoms with Crippen LogP contribution in [0.3, 0.4) is 0 Å². The lowest BCUT2D eigenvalue weighted by atomic mass is 10.0. The lowest BCUT2D eigenvalue weighted by molar-refractivity contribution is -0.479. The van der Waals surface area contributed by atoms with Crippen molar-refractivity contribution in [1.29, 1.82) is 0 Å². The van der Waals surface area contributed by atoms with E-state index in [2.05, 4.69) is 0 Å². The van der Waals surface area contributed by atoms with E-state index in [1.807, 2.05) is 29.7 Å². The summed E-state index contributed by atoms with van der Waals surface area (Å²) in [5.74, 6) is 0. The number of benzene rings is 1. The van der Waals surface area contributed by atoms with Gasteiger partial charge in [-0.2, -0.15) is 0 Å². The number of hydrogen-bond donors (Lipinski definition) is 1. The Kier molecular flexibility index (Phi) is 4.20. The van der Waals surface area contributed by atoms with Crippen LogP contribution in [-0.2, 0) is 6.42 Å². The fourth-order valence-corrected chi connectivity index (χ4v) is 3.04. The quantitative estimate of drug-likeness (QED) is 0.677. The van der Waals surface area contributed by atoms with Crippen molar-refractivity contribution in [2.45, 2.75) is 25.9 Å². The number of rotatable bonds is 5. The number of hydrogen-bond acceptors (Lipinski definition) is 4. The monoisotopic (exact) mass is 291 g/mol. The van der Waals surface area contributed by atoms with E-state index in [-0.39, 0.29) is 11.5 Å². The van der Waals surface area contributed by atoms with E-state index in [1.54, 1.807) is 31.3 Å². The molecular weight excluding hydrogens is 274 g/mol. The summed E-state index contributed by atoms with van der Waals surface area (Å²) in [5.41, 5.74) is 1.11. The zero-order valence-electron chi connectivity index (χ0n) is 11.5. The van der Waals surface area contributed by atoms with Crippen molar-refractivity contribution in [3.63, 3.8) is 0 Å². The van der Waals surface area contributed by atoms with E-state index in [1.165, 1.54) is 0 Å². The summed E-state index contributed by atoms with van der Waals surface area (Å²) in [4.78, 5) is 10.2. The molecule has 0 amide bonds. The highest BCUT2D eigenvalue weighted by molar-refractivity contribution is 7.17. The zero-order valence-corrected chi connectivity index (χ0v) is 12.3. The summed E-state index contributed by atoms with van der Waals surface area (Å²) in [6.45, 7) is 3.37. The molecule has 0 saturated carbocycles. The number of thiophene rings is 1. The van der Waals surface area contributed by atoms with Crippen LogP contribution < -0.4 is 0 Å². The van der Waals surface area contributed by atoms with Crippen LogP contribution in [0, 0.1) is 10.1 Å². The molecule has 0 bridgehead atoms. The summed E-state index contributed by atoms with van der Waals surface area (Å²) in [5, 5.41) is 23.3. The first-order valence-corrected chi connectivity index (χ1v) is 7.27. The van der Waals surface area contributed by atoms with Gasteiger partial charge in [-0.05, 0) is 36.4 Å². The Balaban J connectivity index is 2.41. The SMILES string of the molecule is CC(C)(O)/C=C/c1cccc2scc(CC[N+](=O)[O-])c12. The number of nitro groups is 1. The Morgan fingerprint density at radius 2 is 2.20 bits per heavy atom. The highest BCUT2D eigenvalue weighted by Gasteiger charge is 2.11. The zero-order chi connectivity index (χ0) is 14.8. The average molecular weight is 291 g/mol. The highest BCUT2D eigenvalue weighted by Crippen LogP contribution is 2.30. The van der Waals surface area contributed by atoms with Gasteiger partial charge in [-0.25, -0.2) is 0 Å². The molecule has 106 valence electrons. The molecule has 1 heterocycles. The van der Waals surface area contributed by atoms with Crippen molar-refractivity contribution in [1.82, 2.24) is 0 Å². The van der Waals surface area contributed by atoms with Crippen molar-refractivity contribution >= 4 is 27.5 Å². The molecule has 2 aromatic rings. The van der Waals surface area contributed by atoms with E-state index in [0.29, 0.717) is 6.42 Å². The van der Waals surface area contributed by atoms with Crippen molar-refractivity contribution < 1.29 is 10.0 Å². The lowest BCUT2D eigenvalue weighted by Crippen LogP contribution is -2.13. The summed E-state index contributed by atoms with van der Waals surface area (Å²) < 4.78 is 1.11. The van der Waals surface area contributed by atoms with Crippen LogP contribution in [0.25, 0.3) is 16.2 Å². The normalized spacial score (nSPS) is 12.3. The van der Waals surface area contributed by atoms with E-state index < -0.39 is 5.60 Å². The van der Waals surface area contributed by atoms with Gasteiger partial charge in [0.25, 0.3) is 0 Å². The minimum atomic E-state index is -0.876. The highest BCUT2D eigenvalue weighted by atomic mass is 32.1. The third-order valence-electron chi connectivity index (χ3n) is 2.94. The van der Waals surface area contributed by atoms with Gasteiger partial charge in [0, 0.05) is 21.4 Å². The Morgan fingerprint density at radius 3 is 2.85 bits per heavy atom. The molecule has 0 unspecified atom stereocenters. The molecule has 4 nitrogen and oxygen atoms in total. The molecule has 20 heavy (non-hydrogen) atoms. The second-order valence-electron chi connectivity index (χ2n) is 5.27. The molecule has 2 rings (SSSR count). The second-order valence-corrected chi connectivity index (χ2v) is 6.19. The topological polar surface area (TPSA) is 63.4 Å². The molecule has 5 heteroatoms. The average Bonchev–Trinajstić information content (AvgIpc) is 2.76. The third-order valence-corrected chi connectivity index (χ3v) is 3.94. The molecule has 0 atom stereocenters. The molecule has 0 spiro atoms. The number of aliphatic hydroxyl groups is 1. The van der Waals surface area contributed by atoms with E-state index in [9.17, 15) is 15.2 Å². The minimum Gasteiger partial charge on any atom is -0.386 e. The van der Waals surface area contributed by atoms with Crippen LogP contribution in [0.15, 0.2) is 29.7 Å². The van der Waals surface area contributed by atoms with Crippen molar-refractivity contribution in [2.24, 2.45) is 0 Å². The van der Waals surface area contributed by atoms with Gasteiger partial charge < -0.3 is 5.11 Å². The van der Waals surface area contributed by atoms with Crippen LogP contribution >= 0.6 is 11.3 Å². The van der Waals surface area contributed by atoms with Gasteiger partial charge in [-0.1, -0.05) is 24.3 Å². The number of fused-ring (bicyclic) bond motifs is 1. The van der Waals surface area contributed by atoms with Gasteiger partial charge in [0.15, 0.2) is 0 Å². The summed E-state index contributed by atoms with van der Waals surface area (Å²) in [6, 6.07) is 5.93. The molecule has 0 aliphatic rings. The summed E-state index contributed by atoms with van der Waals surface area (Å²) in [7, 11) is 0. The fraction of sp³-hybridized carbons (Fsp3) is 0.333. The molecule has 0 aliphatic heterocycles. The van der Waals surface area contributed by atoms with Crippen LogP contribution in [0.4, 0.5) is 0 Å². The maximum Gasteiger partial charge on any atom is 0.207 e. The second kappa shape index (κ2) is 5.73. The van der Waals surface area contributed by atoms with Gasteiger partial charge in [0.05, 0.1) is 5.60 Å². The first kappa shape index (κ1) is 14.7. The van der Waals surface area contributed by atoms with Gasteiger partial charge in [0.2, 0.25) is 6.54 Å². The smallest absolute Gasteiger partial charge is 0.207 e. The maximum atomic E-state index is 10.5. The lowest BCUT2D eigenvalue weighted by Gasteiger charge is -2.10. The predicted octanol–water partition coefficient (Wildman–Crippen LogP) is 3.50. The van der Waals surface area contributed by atoms with Crippen molar-refractivity contribution in [2.75, 3.05) is 6.54 Å². The predicted molar refractivity (Wildman–Crippen MR) is 82.7 cm³/mol. The molecule has 0 saturated heterocycles. The molecule has 1 N–H and O–H groups in total. The minimum absolute atomic E-state index is 0.0601. The molecule has 0 fully saturated rings. The Hall–Kier alpha value is -1.72. The summed E-state index contributed by atoms with van der Waals surface area (Å²) in [6.07, 6.45) is 4.04. The van der Waals surface area contributed by atoms with Crippen LogP contribution in [0.2, 0.25) is 0 Å². The molecule has 0 radical (unpaired) electrons. The Morgan fingerprint density at radius 1 is 1.45 bits per heavy atom. The largest absolute Gasteiger partial charge is 0.386 e. The van der Waals surface area contributed by atoms with Crippen LogP contribution in [0.5, 0.6) is 0 Å². The fourth-order valence-electron chi connectivity index (χ4n) is 2.01. The standard InChI is InChI=1S/C15H17NO3S/c1-15(2,17)8-6-11-4-3-5-13-14(11)12(10-20-13)7-9-16(18)19/h3-6,8,10,17H,7,9H2,1-2H3/b8-6+.